The molecule has 2 aliphatic rings. The minimum Gasteiger partial charge on any atom is -0.343 e. The maximum absolute atomic E-state index is 12.3. The zero-order valence-electron chi connectivity index (χ0n) is 15.1. The van der Waals surface area contributed by atoms with Gasteiger partial charge in [0.1, 0.15) is 0 Å². The Bertz CT molecular complexity index is 337. The van der Waals surface area contributed by atoms with Gasteiger partial charge in [-0.3, -0.25) is 4.79 Å². The Morgan fingerprint density at radius 2 is 1.64 bits per heavy atom. The van der Waals surface area contributed by atoms with Crippen molar-refractivity contribution in [3.8, 4) is 0 Å². The fraction of sp³-hybridized carbons (Fsp3) is 0.947. The molecule has 2 rings (SSSR count). The summed E-state index contributed by atoms with van der Waals surface area (Å²) >= 11 is 0. The summed E-state index contributed by atoms with van der Waals surface area (Å²) in [6, 6.07) is 0. The molecule has 3 nitrogen and oxygen atoms in total. The van der Waals surface area contributed by atoms with Crippen molar-refractivity contribution < 1.29 is 4.79 Å². The van der Waals surface area contributed by atoms with Gasteiger partial charge < -0.3 is 9.80 Å². The van der Waals surface area contributed by atoms with Crippen LogP contribution in [0.15, 0.2) is 0 Å². The second kappa shape index (κ2) is 8.33. The topological polar surface area (TPSA) is 23.6 Å². The van der Waals surface area contributed by atoms with Gasteiger partial charge in [0.25, 0.3) is 0 Å². The lowest BCUT2D eigenvalue weighted by Gasteiger charge is -2.47. The van der Waals surface area contributed by atoms with E-state index in [1.54, 1.807) is 0 Å². The fourth-order valence-corrected chi connectivity index (χ4v) is 4.03. The second-order valence-electron chi connectivity index (χ2n) is 7.77. The Hall–Kier alpha value is -0.570. The van der Waals surface area contributed by atoms with E-state index < -0.39 is 0 Å². The molecule has 1 unspecified atom stereocenters. The van der Waals surface area contributed by atoms with Crippen molar-refractivity contribution in [1.29, 1.82) is 0 Å². The zero-order valence-corrected chi connectivity index (χ0v) is 15.1. The molecule has 1 spiro atoms. The number of amides is 1. The average molecular weight is 309 g/mol. The molecule has 0 aromatic heterocycles. The second-order valence-corrected chi connectivity index (χ2v) is 7.77. The van der Waals surface area contributed by atoms with Gasteiger partial charge in [0, 0.05) is 19.5 Å². The van der Waals surface area contributed by atoms with Crippen molar-refractivity contribution in [3.05, 3.63) is 0 Å². The fourth-order valence-electron chi connectivity index (χ4n) is 4.03. The van der Waals surface area contributed by atoms with Gasteiger partial charge in [-0.15, -0.1) is 0 Å². The first-order valence-electron chi connectivity index (χ1n) is 9.58. The van der Waals surface area contributed by atoms with Crippen LogP contribution in [0.2, 0.25) is 0 Å². The van der Waals surface area contributed by atoms with E-state index in [1.807, 2.05) is 0 Å². The molecule has 0 saturated carbocycles. The van der Waals surface area contributed by atoms with Crippen LogP contribution in [-0.4, -0.2) is 48.4 Å². The molecule has 128 valence electrons. The van der Waals surface area contributed by atoms with E-state index in [9.17, 15) is 4.79 Å². The van der Waals surface area contributed by atoms with Gasteiger partial charge in [-0.05, 0) is 69.5 Å². The predicted molar refractivity (Wildman–Crippen MR) is 92.9 cm³/mol. The van der Waals surface area contributed by atoms with Gasteiger partial charge >= 0.3 is 0 Å². The molecular formula is C19H36N2O. The van der Waals surface area contributed by atoms with E-state index >= 15 is 0 Å². The van der Waals surface area contributed by atoms with E-state index in [1.165, 1.54) is 58.2 Å². The minimum atomic E-state index is 0.401. The molecule has 0 aromatic carbocycles. The van der Waals surface area contributed by atoms with E-state index in [0.29, 0.717) is 17.2 Å². The maximum atomic E-state index is 12.3. The first kappa shape index (κ1) is 17.8. The van der Waals surface area contributed by atoms with E-state index in [-0.39, 0.29) is 0 Å². The molecule has 0 N–H and O–H groups in total. The van der Waals surface area contributed by atoms with Crippen LogP contribution in [0.5, 0.6) is 0 Å². The third-order valence-electron chi connectivity index (χ3n) is 6.18. The number of carbonyl (C=O) groups excluding carboxylic acids is 1. The van der Waals surface area contributed by atoms with Crippen LogP contribution in [0, 0.1) is 11.3 Å². The monoisotopic (exact) mass is 308 g/mol. The Labute approximate surface area is 137 Å². The standard InChI is InChI=1S/C19H36N2O/c1-4-12-20-13-8-19(9-14-20)10-15-21(16-11-19)18(22)7-6-17(3)5-2/h17H,4-16H2,1-3H3. The molecule has 0 bridgehead atoms. The summed E-state index contributed by atoms with van der Waals surface area (Å²) < 4.78 is 0. The quantitative estimate of drug-likeness (QED) is 0.742. The molecule has 2 aliphatic heterocycles. The van der Waals surface area contributed by atoms with Crippen molar-refractivity contribution in [1.82, 2.24) is 9.80 Å². The highest BCUT2D eigenvalue weighted by molar-refractivity contribution is 5.76. The number of hydrogen-bond acceptors (Lipinski definition) is 2. The van der Waals surface area contributed by atoms with Crippen molar-refractivity contribution in [2.75, 3.05) is 32.7 Å². The summed E-state index contributed by atoms with van der Waals surface area (Å²) in [6.45, 7) is 12.6. The van der Waals surface area contributed by atoms with Crippen molar-refractivity contribution in [3.63, 3.8) is 0 Å². The van der Waals surface area contributed by atoms with Crippen LogP contribution in [-0.2, 0) is 4.79 Å². The van der Waals surface area contributed by atoms with E-state index in [4.69, 9.17) is 0 Å². The minimum absolute atomic E-state index is 0.401. The number of piperidine rings is 2. The Balaban J connectivity index is 1.72. The Morgan fingerprint density at radius 1 is 1.05 bits per heavy atom. The third kappa shape index (κ3) is 4.71. The normalized spacial score (nSPS) is 23.7. The molecule has 22 heavy (non-hydrogen) atoms. The summed E-state index contributed by atoms with van der Waals surface area (Å²) in [5.41, 5.74) is 0.553. The average Bonchev–Trinajstić information content (AvgIpc) is 2.55. The van der Waals surface area contributed by atoms with Gasteiger partial charge in [-0.25, -0.2) is 0 Å². The van der Waals surface area contributed by atoms with Crippen LogP contribution in [0.4, 0.5) is 0 Å². The number of carbonyl (C=O) groups is 1. The lowest BCUT2D eigenvalue weighted by Crippen LogP contribution is -2.48. The van der Waals surface area contributed by atoms with Crippen LogP contribution in [0.3, 0.4) is 0 Å². The smallest absolute Gasteiger partial charge is 0.222 e. The lowest BCUT2D eigenvalue weighted by atomic mass is 9.71. The number of nitrogens with zero attached hydrogens (tertiary/aromatic N) is 2. The van der Waals surface area contributed by atoms with Gasteiger partial charge in [0.15, 0.2) is 0 Å². The van der Waals surface area contributed by atoms with Gasteiger partial charge in [0.2, 0.25) is 5.91 Å². The first-order chi connectivity index (χ1) is 10.6. The Morgan fingerprint density at radius 3 is 2.18 bits per heavy atom. The number of hydrogen-bond donors (Lipinski definition) is 0. The molecule has 1 amide bonds. The zero-order chi connectivity index (χ0) is 16.0. The van der Waals surface area contributed by atoms with E-state index in [2.05, 4.69) is 30.6 Å². The molecule has 2 fully saturated rings. The number of likely N-dealkylation sites (tertiary alicyclic amines) is 2. The van der Waals surface area contributed by atoms with E-state index in [0.717, 1.165) is 25.9 Å². The summed E-state index contributed by atoms with van der Waals surface area (Å²) in [6.07, 6.45) is 9.44. The summed E-state index contributed by atoms with van der Waals surface area (Å²) in [5.74, 6) is 1.08. The molecule has 0 radical (unpaired) electrons. The van der Waals surface area contributed by atoms with Crippen molar-refractivity contribution >= 4 is 5.91 Å². The Kier molecular flexibility index (Phi) is 6.73. The summed E-state index contributed by atoms with van der Waals surface area (Å²) in [5, 5.41) is 0. The predicted octanol–water partition coefficient (Wildman–Crippen LogP) is 3.93. The molecule has 0 aromatic rings. The molecular weight excluding hydrogens is 272 g/mol. The van der Waals surface area contributed by atoms with Crippen molar-refractivity contribution in [2.24, 2.45) is 11.3 Å². The maximum Gasteiger partial charge on any atom is 0.222 e. The van der Waals surface area contributed by atoms with Crippen LogP contribution >= 0.6 is 0 Å². The van der Waals surface area contributed by atoms with Gasteiger partial charge in [-0.1, -0.05) is 27.2 Å². The van der Waals surface area contributed by atoms with Gasteiger partial charge in [-0.2, -0.15) is 0 Å². The lowest BCUT2D eigenvalue weighted by molar-refractivity contribution is -0.134. The molecule has 2 heterocycles. The van der Waals surface area contributed by atoms with Gasteiger partial charge in [0.05, 0.1) is 0 Å². The van der Waals surface area contributed by atoms with Crippen molar-refractivity contribution in [2.45, 2.75) is 72.1 Å². The first-order valence-corrected chi connectivity index (χ1v) is 9.58. The number of rotatable bonds is 6. The highest BCUT2D eigenvalue weighted by Crippen LogP contribution is 2.41. The SMILES string of the molecule is CCCN1CCC2(CC1)CCN(C(=O)CCC(C)CC)CC2. The van der Waals surface area contributed by atoms with Crippen LogP contribution < -0.4 is 0 Å². The molecule has 3 heteroatoms. The highest BCUT2D eigenvalue weighted by Gasteiger charge is 2.38. The molecule has 2 saturated heterocycles. The van der Waals surface area contributed by atoms with Crippen LogP contribution in [0.25, 0.3) is 0 Å². The van der Waals surface area contributed by atoms with Crippen LogP contribution in [0.1, 0.15) is 72.1 Å². The molecule has 0 aliphatic carbocycles. The summed E-state index contributed by atoms with van der Waals surface area (Å²) in [4.78, 5) is 17.1. The highest BCUT2D eigenvalue weighted by atomic mass is 16.2. The largest absolute Gasteiger partial charge is 0.343 e. The summed E-state index contributed by atoms with van der Waals surface area (Å²) in [7, 11) is 0. The molecule has 1 atom stereocenters. The third-order valence-corrected chi connectivity index (χ3v) is 6.18.